The molecule has 1 aliphatic heterocycles. The molecule has 1 aliphatic rings. The van der Waals surface area contributed by atoms with Gasteiger partial charge in [-0.25, -0.2) is 8.78 Å². The summed E-state index contributed by atoms with van der Waals surface area (Å²) in [6.45, 7) is 5.83. The number of nitrogens with one attached hydrogen (secondary N) is 1. The minimum atomic E-state index is -1.16. The molecule has 0 unspecified atom stereocenters. The van der Waals surface area contributed by atoms with Crippen molar-refractivity contribution >= 4 is 23.4 Å². The van der Waals surface area contributed by atoms with Crippen molar-refractivity contribution in [2.24, 2.45) is 0 Å². The number of amides is 2. The molecule has 1 saturated heterocycles. The summed E-state index contributed by atoms with van der Waals surface area (Å²) in [6, 6.07) is 4.16. The van der Waals surface area contributed by atoms with E-state index in [0.29, 0.717) is 5.69 Å². The highest BCUT2D eigenvalue weighted by atomic mass is 19.2. The van der Waals surface area contributed by atoms with E-state index in [0.717, 1.165) is 11.0 Å². The zero-order valence-corrected chi connectivity index (χ0v) is 14.7. The number of anilines is 2. The van der Waals surface area contributed by atoms with Gasteiger partial charge >= 0.3 is 0 Å². The molecule has 26 heavy (non-hydrogen) atoms. The van der Waals surface area contributed by atoms with Gasteiger partial charge in [-0.1, -0.05) is 32.0 Å². The Kier molecular flexibility index (Phi) is 4.52. The topological polar surface area (TPSA) is 75.4 Å². The summed E-state index contributed by atoms with van der Waals surface area (Å²) in [5, 5.41) is 6.46. The van der Waals surface area contributed by atoms with Crippen molar-refractivity contribution in [3.05, 3.63) is 41.6 Å². The SMILES string of the molecule is CC(C)(C)c1cc(NC(=O)[C@@H]2CCC(=O)N2c2cccc(F)c2F)on1. The Labute approximate surface area is 149 Å². The molecule has 2 heterocycles. The van der Waals surface area contributed by atoms with Crippen LogP contribution in [0, 0.1) is 11.6 Å². The average Bonchev–Trinajstić information content (AvgIpc) is 3.17. The molecule has 1 aromatic carbocycles. The molecule has 3 rings (SSSR count). The number of aromatic nitrogens is 1. The molecule has 2 aromatic rings. The molecule has 6 nitrogen and oxygen atoms in total. The van der Waals surface area contributed by atoms with Gasteiger partial charge in [0, 0.05) is 17.9 Å². The number of benzene rings is 1. The first-order valence-electron chi connectivity index (χ1n) is 8.22. The zero-order valence-electron chi connectivity index (χ0n) is 14.7. The fourth-order valence-electron chi connectivity index (χ4n) is 2.80. The normalized spacial score (nSPS) is 17.7. The zero-order chi connectivity index (χ0) is 19.1. The van der Waals surface area contributed by atoms with Crippen LogP contribution >= 0.6 is 0 Å². The second-order valence-electron chi connectivity index (χ2n) is 7.21. The summed E-state index contributed by atoms with van der Waals surface area (Å²) in [6.07, 6.45) is 0.262. The molecule has 0 spiro atoms. The van der Waals surface area contributed by atoms with Gasteiger partial charge in [-0.15, -0.1) is 0 Å². The second-order valence-corrected chi connectivity index (χ2v) is 7.21. The van der Waals surface area contributed by atoms with Crippen LogP contribution in [-0.4, -0.2) is 23.0 Å². The summed E-state index contributed by atoms with van der Waals surface area (Å²) in [7, 11) is 0. The highest BCUT2D eigenvalue weighted by Gasteiger charge is 2.39. The Bertz CT molecular complexity index is 858. The lowest BCUT2D eigenvalue weighted by molar-refractivity contribution is -0.120. The fraction of sp³-hybridized carbons (Fsp3) is 0.389. The molecule has 1 aromatic heterocycles. The average molecular weight is 363 g/mol. The molecule has 8 heteroatoms. The molecule has 1 atom stereocenters. The van der Waals surface area contributed by atoms with Crippen molar-refractivity contribution in [3.63, 3.8) is 0 Å². The summed E-state index contributed by atoms with van der Waals surface area (Å²) in [4.78, 5) is 25.7. The van der Waals surface area contributed by atoms with Gasteiger partial charge in [0.2, 0.25) is 17.7 Å². The Hall–Kier alpha value is -2.77. The van der Waals surface area contributed by atoms with E-state index in [1.807, 2.05) is 20.8 Å². The molecule has 1 fully saturated rings. The van der Waals surface area contributed by atoms with Crippen LogP contribution in [0.4, 0.5) is 20.4 Å². The predicted octanol–water partition coefficient (Wildman–Crippen LogP) is 3.38. The van der Waals surface area contributed by atoms with Gasteiger partial charge in [-0.05, 0) is 18.6 Å². The van der Waals surface area contributed by atoms with Crippen molar-refractivity contribution in [1.29, 1.82) is 0 Å². The van der Waals surface area contributed by atoms with Crippen LogP contribution in [0.3, 0.4) is 0 Å². The fourth-order valence-corrected chi connectivity index (χ4v) is 2.80. The summed E-state index contributed by atoms with van der Waals surface area (Å²) >= 11 is 0. The molecule has 0 bridgehead atoms. The highest BCUT2D eigenvalue weighted by molar-refractivity contribution is 6.07. The van der Waals surface area contributed by atoms with E-state index in [1.165, 1.54) is 12.1 Å². The summed E-state index contributed by atoms with van der Waals surface area (Å²) < 4.78 is 32.7. The van der Waals surface area contributed by atoms with Crippen LogP contribution in [-0.2, 0) is 15.0 Å². The minimum absolute atomic E-state index is 0.0671. The van der Waals surface area contributed by atoms with Crippen LogP contribution < -0.4 is 10.2 Å². The number of carbonyl (C=O) groups is 2. The minimum Gasteiger partial charge on any atom is -0.338 e. The van der Waals surface area contributed by atoms with Gasteiger partial charge in [0.25, 0.3) is 0 Å². The van der Waals surface area contributed by atoms with Crippen molar-refractivity contribution in [2.45, 2.75) is 45.1 Å². The number of hydrogen-bond donors (Lipinski definition) is 1. The smallest absolute Gasteiger partial charge is 0.249 e. The van der Waals surface area contributed by atoms with E-state index in [2.05, 4.69) is 10.5 Å². The van der Waals surface area contributed by atoms with E-state index in [4.69, 9.17) is 4.52 Å². The quantitative estimate of drug-likeness (QED) is 0.907. The number of carbonyl (C=O) groups excluding carboxylic acids is 2. The van der Waals surface area contributed by atoms with E-state index in [9.17, 15) is 18.4 Å². The van der Waals surface area contributed by atoms with Crippen molar-refractivity contribution in [3.8, 4) is 0 Å². The first kappa shape index (κ1) is 18.0. The largest absolute Gasteiger partial charge is 0.338 e. The molecule has 0 radical (unpaired) electrons. The number of halogens is 2. The number of hydrogen-bond acceptors (Lipinski definition) is 4. The van der Waals surface area contributed by atoms with Gasteiger partial charge in [-0.2, -0.15) is 0 Å². The predicted molar refractivity (Wildman–Crippen MR) is 90.7 cm³/mol. The second kappa shape index (κ2) is 6.51. The van der Waals surface area contributed by atoms with Crippen LogP contribution in [0.15, 0.2) is 28.8 Å². The standard InChI is InChI=1S/C18H19F2N3O3/c1-18(2,3)13-9-14(26-22-13)21-17(25)12-7-8-15(24)23(12)11-6-4-5-10(19)16(11)20/h4-6,9,12H,7-8H2,1-3H3,(H,21,25)/t12-/m0/s1. The van der Waals surface area contributed by atoms with Gasteiger partial charge in [0.1, 0.15) is 6.04 Å². The Morgan fingerprint density at radius 1 is 1.35 bits per heavy atom. The van der Waals surface area contributed by atoms with Gasteiger partial charge < -0.3 is 4.52 Å². The molecule has 0 aliphatic carbocycles. The van der Waals surface area contributed by atoms with Crippen molar-refractivity contribution < 1.29 is 22.9 Å². The molecule has 2 amide bonds. The van der Waals surface area contributed by atoms with Crippen molar-refractivity contribution in [1.82, 2.24) is 5.16 Å². The van der Waals surface area contributed by atoms with E-state index in [1.54, 1.807) is 6.07 Å². The Balaban J connectivity index is 1.83. The lowest BCUT2D eigenvalue weighted by atomic mass is 9.92. The monoisotopic (exact) mass is 363 g/mol. The molecule has 0 saturated carbocycles. The lowest BCUT2D eigenvalue weighted by Crippen LogP contribution is -2.42. The van der Waals surface area contributed by atoms with Crippen molar-refractivity contribution in [2.75, 3.05) is 10.2 Å². The lowest BCUT2D eigenvalue weighted by Gasteiger charge is -2.24. The molecule has 1 N–H and O–H groups in total. The van der Waals surface area contributed by atoms with Crippen LogP contribution in [0.5, 0.6) is 0 Å². The van der Waals surface area contributed by atoms with E-state index in [-0.39, 0.29) is 29.8 Å². The van der Waals surface area contributed by atoms with Gasteiger partial charge in [0.15, 0.2) is 11.6 Å². The summed E-state index contributed by atoms with van der Waals surface area (Å²) in [5.74, 6) is -3.08. The van der Waals surface area contributed by atoms with Crippen LogP contribution in [0.25, 0.3) is 0 Å². The van der Waals surface area contributed by atoms with Gasteiger partial charge in [0.05, 0.1) is 11.4 Å². The molecular weight excluding hydrogens is 344 g/mol. The maximum absolute atomic E-state index is 14.1. The van der Waals surface area contributed by atoms with Crippen LogP contribution in [0.1, 0.15) is 39.3 Å². The molecular formula is C18H19F2N3O3. The highest BCUT2D eigenvalue weighted by Crippen LogP contribution is 2.31. The van der Waals surface area contributed by atoms with E-state index < -0.39 is 29.5 Å². The molecule has 138 valence electrons. The van der Waals surface area contributed by atoms with E-state index >= 15 is 0 Å². The Morgan fingerprint density at radius 2 is 2.08 bits per heavy atom. The number of nitrogens with zero attached hydrogens (tertiary/aromatic N) is 2. The Morgan fingerprint density at radius 3 is 2.73 bits per heavy atom. The maximum atomic E-state index is 14.1. The first-order valence-corrected chi connectivity index (χ1v) is 8.22. The third kappa shape index (κ3) is 3.31. The first-order chi connectivity index (χ1) is 12.2. The third-order valence-electron chi connectivity index (χ3n) is 4.23. The summed E-state index contributed by atoms with van der Waals surface area (Å²) in [5.41, 5.74) is 0.149. The maximum Gasteiger partial charge on any atom is 0.249 e. The number of rotatable bonds is 3. The third-order valence-corrected chi connectivity index (χ3v) is 4.23. The van der Waals surface area contributed by atoms with Crippen LogP contribution in [0.2, 0.25) is 0 Å². The van der Waals surface area contributed by atoms with Gasteiger partial charge in [-0.3, -0.25) is 19.8 Å².